The van der Waals surface area contributed by atoms with E-state index in [2.05, 4.69) is 202 Å². The molecule has 0 radical (unpaired) electrons. The molecular weight excluding hydrogens is 711 g/mol. The molecule has 4 heterocycles. The first-order chi connectivity index (χ1) is 28.5. The number of rotatable bonds is 1. The summed E-state index contributed by atoms with van der Waals surface area (Å²) in [4.78, 5) is 0. The first kappa shape index (κ1) is 33.4. The van der Waals surface area contributed by atoms with Crippen LogP contribution in [0, 0.1) is 0 Å². The lowest BCUT2D eigenvalue weighted by Crippen LogP contribution is -2.59. The summed E-state index contributed by atoms with van der Waals surface area (Å²) in [6, 6.07) is 58.5. The molecule has 2 aliphatic heterocycles. The first-order valence-electron chi connectivity index (χ1n) is 21.2. The molecule has 0 saturated heterocycles. The fourth-order valence-corrected chi connectivity index (χ4v) is 11.0. The van der Waals surface area contributed by atoms with Crippen LogP contribution in [0.25, 0.3) is 98.4 Å². The molecule has 59 heavy (non-hydrogen) atoms. The van der Waals surface area contributed by atoms with Crippen LogP contribution in [0.2, 0.25) is 0 Å². The Morgan fingerprint density at radius 2 is 0.966 bits per heavy atom. The van der Waals surface area contributed by atoms with Gasteiger partial charge in [0.2, 0.25) is 0 Å². The third-order valence-electron chi connectivity index (χ3n) is 13.9. The SMILES string of the molecule is CC(C)(C)c1ccc2c(c1)c1cc(C(C)(C)C)cc3c1n2-c1cc(-c2cccc4ccccc24)cc2c1B3c1c3ccccc3cc3c4cc5ccccc5cc4n-2c13. The monoisotopic (exact) mass is 754 g/mol. The van der Waals surface area contributed by atoms with Crippen molar-refractivity contribution in [2.24, 2.45) is 0 Å². The van der Waals surface area contributed by atoms with Crippen molar-refractivity contribution in [3.63, 3.8) is 0 Å². The summed E-state index contributed by atoms with van der Waals surface area (Å²) in [5.74, 6) is 0. The lowest BCUT2D eigenvalue weighted by Gasteiger charge is -2.35. The van der Waals surface area contributed by atoms with Crippen LogP contribution >= 0.6 is 0 Å². The molecule has 0 saturated carbocycles. The Balaban J connectivity index is 1.30. The van der Waals surface area contributed by atoms with Gasteiger partial charge in [-0.3, -0.25) is 0 Å². The van der Waals surface area contributed by atoms with Crippen LogP contribution in [-0.2, 0) is 10.8 Å². The standard InChI is InChI=1S/C56H43BN2/c1-55(2,3)37-22-23-47-43(29-37)45-30-38(56(4,5)6)31-46-53(45)58(47)49-27-36(40-21-13-18-32-14-9-11-19-39(32)40)28-50-52(49)57(46)51-41-20-12-10-17-35(41)25-44-42-24-33-15-7-8-16-34(33)26-48(42)59(50)54(44)51/h7-31H,1-6H3. The summed E-state index contributed by atoms with van der Waals surface area (Å²) in [7, 11) is 0. The Labute approximate surface area is 344 Å². The van der Waals surface area contributed by atoms with Gasteiger partial charge in [0, 0.05) is 44.0 Å². The molecule has 3 heteroatoms. The molecule has 0 fully saturated rings. The van der Waals surface area contributed by atoms with E-state index < -0.39 is 0 Å². The molecule has 0 N–H and O–H groups in total. The molecule has 280 valence electrons. The highest BCUT2D eigenvalue weighted by Gasteiger charge is 2.43. The highest BCUT2D eigenvalue weighted by atomic mass is 15.0. The predicted octanol–water partition coefficient (Wildman–Crippen LogP) is 12.7. The molecule has 2 nitrogen and oxygen atoms in total. The highest BCUT2D eigenvalue weighted by molar-refractivity contribution is 7.01. The molecule has 0 spiro atoms. The Morgan fingerprint density at radius 3 is 1.71 bits per heavy atom. The first-order valence-corrected chi connectivity index (χ1v) is 21.2. The van der Waals surface area contributed by atoms with Gasteiger partial charge in [0.15, 0.2) is 0 Å². The fraction of sp³-hybridized carbons (Fsp3) is 0.143. The quantitative estimate of drug-likeness (QED) is 0.148. The van der Waals surface area contributed by atoms with Crippen LogP contribution in [0.3, 0.4) is 0 Å². The van der Waals surface area contributed by atoms with E-state index >= 15 is 0 Å². The van der Waals surface area contributed by atoms with E-state index in [1.165, 1.54) is 126 Å². The summed E-state index contributed by atoms with van der Waals surface area (Å²) in [6.45, 7) is 14.2. The van der Waals surface area contributed by atoms with Gasteiger partial charge in [-0.05, 0) is 130 Å². The Kier molecular flexibility index (Phi) is 6.30. The second-order valence-electron chi connectivity index (χ2n) is 19.4. The largest absolute Gasteiger partial charge is 0.310 e. The second-order valence-corrected chi connectivity index (χ2v) is 19.4. The topological polar surface area (TPSA) is 9.86 Å². The molecule has 2 aromatic heterocycles. The van der Waals surface area contributed by atoms with Gasteiger partial charge in [-0.1, -0.05) is 145 Å². The van der Waals surface area contributed by atoms with E-state index in [0.717, 1.165) is 0 Å². The average molecular weight is 755 g/mol. The second kappa shape index (κ2) is 11.1. The van der Waals surface area contributed by atoms with Crippen molar-refractivity contribution in [3.8, 4) is 22.5 Å². The Hall–Kier alpha value is -6.58. The zero-order chi connectivity index (χ0) is 39.7. The van der Waals surface area contributed by atoms with Gasteiger partial charge in [0.1, 0.15) is 0 Å². The maximum atomic E-state index is 2.65. The molecule has 2 aliphatic rings. The number of nitrogens with zero attached hydrogens (tertiary/aromatic N) is 2. The lowest BCUT2D eigenvalue weighted by atomic mass is 9.33. The molecular formula is C56H43BN2. The van der Waals surface area contributed by atoms with Gasteiger partial charge in [0.05, 0.1) is 11.0 Å². The van der Waals surface area contributed by atoms with Gasteiger partial charge >= 0.3 is 0 Å². The zero-order valence-corrected chi connectivity index (χ0v) is 34.4. The van der Waals surface area contributed by atoms with Crippen molar-refractivity contribution in [2.75, 3.05) is 0 Å². The minimum absolute atomic E-state index is 0.0225. The van der Waals surface area contributed by atoms with Crippen LogP contribution in [0.5, 0.6) is 0 Å². The number of aromatic nitrogens is 2. The summed E-state index contributed by atoms with van der Waals surface area (Å²) in [5.41, 5.74) is 17.2. The lowest BCUT2D eigenvalue weighted by molar-refractivity contribution is 0.590. The minimum atomic E-state index is -0.0418. The third-order valence-corrected chi connectivity index (χ3v) is 13.9. The van der Waals surface area contributed by atoms with Crippen LogP contribution in [0.1, 0.15) is 52.7 Å². The highest BCUT2D eigenvalue weighted by Crippen LogP contribution is 2.45. The van der Waals surface area contributed by atoms with Gasteiger partial charge in [-0.25, -0.2) is 0 Å². The number of hydrogen-bond acceptors (Lipinski definition) is 0. The maximum absolute atomic E-state index is 2.65. The van der Waals surface area contributed by atoms with Crippen molar-refractivity contribution in [1.82, 2.24) is 9.13 Å². The van der Waals surface area contributed by atoms with E-state index in [0.29, 0.717) is 0 Å². The minimum Gasteiger partial charge on any atom is -0.310 e. The van der Waals surface area contributed by atoms with Crippen LogP contribution in [-0.4, -0.2) is 15.8 Å². The number of fused-ring (bicyclic) bond motifs is 14. The number of benzene rings is 9. The van der Waals surface area contributed by atoms with Crippen molar-refractivity contribution in [1.29, 1.82) is 0 Å². The summed E-state index contributed by atoms with van der Waals surface area (Å²) in [5, 5.41) is 13.0. The molecule has 11 aromatic rings. The van der Waals surface area contributed by atoms with Crippen LogP contribution < -0.4 is 16.4 Å². The van der Waals surface area contributed by atoms with E-state index in [-0.39, 0.29) is 17.5 Å². The van der Waals surface area contributed by atoms with Crippen LogP contribution in [0.15, 0.2) is 152 Å². The molecule has 0 atom stereocenters. The summed E-state index contributed by atoms with van der Waals surface area (Å²) in [6.07, 6.45) is 0. The van der Waals surface area contributed by atoms with Gasteiger partial charge in [-0.2, -0.15) is 0 Å². The molecule has 0 amide bonds. The van der Waals surface area contributed by atoms with Crippen molar-refractivity contribution in [3.05, 3.63) is 163 Å². The molecule has 9 aromatic carbocycles. The van der Waals surface area contributed by atoms with Crippen molar-refractivity contribution >= 4 is 99.0 Å². The van der Waals surface area contributed by atoms with Crippen molar-refractivity contribution < 1.29 is 0 Å². The zero-order valence-electron chi connectivity index (χ0n) is 34.4. The van der Waals surface area contributed by atoms with E-state index in [4.69, 9.17) is 0 Å². The normalized spacial score (nSPS) is 13.6. The van der Waals surface area contributed by atoms with E-state index in [9.17, 15) is 0 Å². The fourth-order valence-electron chi connectivity index (χ4n) is 11.0. The molecule has 0 bridgehead atoms. The van der Waals surface area contributed by atoms with E-state index in [1.807, 2.05) is 0 Å². The maximum Gasteiger partial charge on any atom is 0.253 e. The van der Waals surface area contributed by atoms with E-state index in [1.54, 1.807) is 0 Å². The Morgan fingerprint density at radius 1 is 0.390 bits per heavy atom. The number of hydrogen-bond donors (Lipinski definition) is 0. The van der Waals surface area contributed by atoms with Gasteiger partial charge < -0.3 is 9.13 Å². The average Bonchev–Trinajstić information content (AvgIpc) is 3.74. The molecule has 13 rings (SSSR count). The summed E-state index contributed by atoms with van der Waals surface area (Å²) >= 11 is 0. The van der Waals surface area contributed by atoms with Crippen LogP contribution in [0.4, 0.5) is 0 Å². The molecule has 0 unspecified atom stereocenters. The van der Waals surface area contributed by atoms with Gasteiger partial charge in [-0.15, -0.1) is 0 Å². The third kappa shape index (κ3) is 4.38. The predicted molar refractivity (Wildman–Crippen MR) is 255 cm³/mol. The summed E-state index contributed by atoms with van der Waals surface area (Å²) < 4.78 is 5.30. The van der Waals surface area contributed by atoms with Gasteiger partial charge in [0.25, 0.3) is 6.71 Å². The molecule has 0 aliphatic carbocycles. The Bertz CT molecular complexity index is 3690. The van der Waals surface area contributed by atoms with Crippen molar-refractivity contribution in [2.45, 2.75) is 52.4 Å². The smallest absolute Gasteiger partial charge is 0.253 e.